The maximum absolute atomic E-state index is 5.88. The molecule has 1 aliphatic carbocycles. The van der Waals surface area contributed by atoms with E-state index in [2.05, 4.69) is 17.5 Å². The van der Waals surface area contributed by atoms with Crippen LogP contribution in [-0.2, 0) is 0 Å². The second kappa shape index (κ2) is 4.26. The van der Waals surface area contributed by atoms with Gasteiger partial charge in [-0.3, -0.25) is 0 Å². The Balaban J connectivity index is 2.11. The van der Waals surface area contributed by atoms with E-state index < -0.39 is 0 Å². The Bertz CT molecular complexity index is 366. The van der Waals surface area contributed by atoms with Crippen molar-refractivity contribution in [2.75, 3.05) is 18.2 Å². The van der Waals surface area contributed by atoms with Crippen LogP contribution in [0.1, 0.15) is 12.8 Å². The molecular formula is C12H16N2O. The molecule has 1 aromatic rings. The van der Waals surface area contributed by atoms with Crippen molar-refractivity contribution < 1.29 is 4.74 Å². The van der Waals surface area contributed by atoms with Gasteiger partial charge in [-0.1, -0.05) is 12.2 Å². The van der Waals surface area contributed by atoms with E-state index in [9.17, 15) is 0 Å². The van der Waals surface area contributed by atoms with E-state index >= 15 is 0 Å². The Morgan fingerprint density at radius 2 is 2.07 bits per heavy atom. The highest BCUT2D eigenvalue weighted by atomic mass is 16.5. The number of hydrogen-bond acceptors (Lipinski definition) is 3. The van der Waals surface area contributed by atoms with E-state index in [4.69, 9.17) is 10.5 Å². The van der Waals surface area contributed by atoms with Crippen LogP contribution < -0.4 is 15.8 Å². The van der Waals surface area contributed by atoms with Crippen molar-refractivity contribution in [3.63, 3.8) is 0 Å². The van der Waals surface area contributed by atoms with E-state index in [1.807, 2.05) is 18.2 Å². The summed E-state index contributed by atoms with van der Waals surface area (Å²) in [6.07, 6.45) is 6.51. The van der Waals surface area contributed by atoms with Gasteiger partial charge in [0.1, 0.15) is 5.75 Å². The number of hydrogen-bond donors (Lipinski definition) is 2. The van der Waals surface area contributed by atoms with E-state index in [1.165, 1.54) is 0 Å². The van der Waals surface area contributed by atoms with Crippen molar-refractivity contribution in [1.29, 1.82) is 0 Å². The number of nitrogens with two attached hydrogens (primary N) is 1. The fraction of sp³-hybridized carbons (Fsp3) is 0.333. The summed E-state index contributed by atoms with van der Waals surface area (Å²) in [6, 6.07) is 6.14. The van der Waals surface area contributed by atoms with Crippen LogP contribution in [0, 0.1) is 0 Å². The first kappa shape index (κ1) is 9.90. The Kier molecular flexibility index (Phi) is 2.81. The summed E-state index contributed by atoms with van der Waals surface area (Å²) in [5, 5.41) is 3.42. The van der Waals surface area contributed by atoms with Gasteiger partial charge in [0.2, 0.25) is 0 Å². The number of rotatable bonds is 3. The van der Waals surface area contributed by atoms with Crippen LogP contribution in [-0.4, -0.2) is 13.2 Å². The van der Waals surface area contributed by atoms with Gasteiger partial charge < -0.3 is 15.8 Å². The highest BCUT2D eigenvalue weighted by molar-refractivity contribution is 5.68. The molecule has 3 nitrogen and oxygen atoms in total. The minimum atomic E-state index is 0.472. The molecule has 0 spiro atoms. The van der Waals surface area contributed by atoms with Crippen LogP contribution in [0.3, 0.4) is 0 Å². The highest BCUT2D eigenvalue weighted by Gasteiger charge is 2.11. The van der Waals surface area contributed by atoms with Gasteiger partial charge in [0.05, 0.1) is 18.5 Å². The fourth-order valence-corrected chi connectivity index (χ4v) is 1.74. The van der Waals surface area contributed by atoms with Gasteiger partial charge in [0.15, 0.2) is 0 Å². The Hall–Kier alpha value is -1.64. The SMILES string of the molecule is COc1ccc(N)c(NC2CC=CC2)c1. The summed E-state index contributed by atoms with van der Waals surface area (Å²) < 4.78 is 5.16. The standard InChI is InChI=1S/C12H16N2O/c1-15-10-6-7-11(13)12(8-10)14-9-4-2-3-5-9/h2-3,6-9,14H,4-5,13H2,1H3. The molecule has 0 saturated carbocycles. The lowest BCUT2D eigenvalue weighted by Crippen LogP contribution is -2.16. The third kappa shape index (κ3) is 2.24. The molecule has 0 saturated heterocycles. The normalized spacial score (nSPS) is 15.5. The lowest BCUT2D eigenvalue weighted by Gasteiger charge is -2.16. The van der Waals surface area contributed by atoms with Crippen molar-refractivity contribution >= 4 is 11.4 Å². The molecule has 0 fully saturated rings. The molecule has 1 aromatic carbocycles. The van der Waals surface area contributed by atoms with Gasteiger partial charge in [0, 0.05) is 12.1 Å². The van der Waals surface area contributed by atoms with Crippen LogP contribution in [0.2, 0.25) is 0 Å². The number of anilines is 2. The summed E-state index contributed by atoms with van der Waals surface area (Å²) in [5.74, 6) is 0.831. The van der Waals surface area contributed by atoms with Crippen LogP contribution >= 0.6 is 0 Å². The monoisotopic (exact) mass is 204 g/mol. The van der Waals surface area contributed by atoms with Crippen molar-refractivity contribution in [3.05, 3.63) is 30.4 Å². The zero-order valence-electron chi connectivity index (χ0n) is 8.86. The summed E-state index contributed by atoms with van der Waals surface area (Å²) in [6.45, 7) is 0. The van der Waals surface area contributed by atoms with Crippen molar-refractivity contribution in [1.82, 2.24) is 0 Å². The molecule has 3 heteroatoms. The second-order valence-corrected chi connectivity index (χ2v) is 3.74. The van der Waals surface area contributed by atoms with Gasteiger partial charge in [-0.15, -0.1) is 0 Å². The average Bonchev–Trinajstić information content (AvgIpc) is 2.74. The number of nitrogen functional groups attached to an aromatic ring is 1. The van der Waals surface area contributed by atoms with Crippen LogP contribution in [0.5, 0.6) is 5.75 Å². The third-order valence-corrected chi connectivity index (χ3v) is 2.63. The second-order valence-electron chi connectivity index (χ2n) is 3.74. The van der Waals surface area contributed by atoms with E-state index in [-0.39, 0.29) is 0 Å². The fourth-order valence-electron chi connectivity index (χ4n) is 1.74. The molecule has 80 valence electrons. The molecule has 0 atom stereocenters. The predicted molar refractivity (Wildman–Crippen MR) is 63.2 cm³/mol. The van der Waals surface area contributed by atoms with Gasteiger partial charge in [-0.05, 0) is 25.0 Å². The molecule has 2 rings (SSSR count). The largest absolute Gasteiger partial charge is 0.497 e. The van der Waals surface area contributed by atoms with Gasteiger partial charge in [-0.2, -0.15) is 0 Å². The molecule has 3 N–H and O–H groups in total. The van der Waals surface area contributed by atoms with Gasteiger partial charge >= 0.3 is 0 Å². The maximum atomic E-state index is 5.88. The lowest BCUT2D eigenvalue weighted by atomic mass is 10.2. The zero-order valence-corrected chi connectivity index (χ0v) is 8.86. The van der Waals surface area contributed by atoms with Gasteiger partial charge in [0.25, 0.3) is 0 Å². The topological polar surface area (TPSA) is 47.3 Å². The average molecular weight is 204 g/mol. The first-order valence-corrected chi connectivity index (χ1v) is 5.14. The number of methoxy groups -OCH3 is 1. The summed E-state index contributed by atoms with van der Waals surface area (Å²) >= 11 is 0. The number of benzene rings is 1. The van der Waals surface area contributed by atoms with Gasteiger partial charge in [-0.25, -0.2) is 0 Å². The Morgan fingerprint density at radius 3 is 2.73 bits per heavy atom. The molecule has 0 radical (unpaired) electrons. The van der Waals surface area contributed by atoms with Crippen molar-refractivity contribution in [2.24, 2.45) is 0 Å². The first-order chi connectivity index (χ1) is 7.29. The quantitative estimate of drug-likeness (QED) is 0.587. The maximum Gasteiger partial charge on any atom is 0.121 e. The molecule has 1 aliphatic rings. The van der Waals surface area contributed by atoms with E-state index in [0.717, 1.165) is 30.0 Å². The molecule has 15 heavy (non-hydrogen) atoms. The molecule has 0 heterocycles. The van der Waals surface area contributed by atoms with Crippen molar-refractivity contribution in [3.8, 4) is 5.75 Å². The van der Waals surface area contributed by atoms with Crippen molar-refractivity contribution in [2.45, 2.75) is 18.9 Å². The van der Waals surface area contributed by atoms with E-state index in [1.54, 1.807) is 7.11 Å². The number of ether oxygens (including phenoxy) is 1. The Labute approximate surface area is 89.9 Å². The highest BCUT2D eigenvalue weighted by Crippen LogP contribution is 2.26. The molecule has 0 aliphatic heterocycles. The first-order valence-electron chi connectivity index (χ1n) is 5.14. The zero-order chi connectivity index (χ0) is 10.7. The Morgan fingerprint density at radius 1 is 1.33 bits per heavy atom. The molecule has 0 unspecified atom stereocenters. The molecular weight excluding hydrogens is 188 g/mol. The summed E-state index contributed by atoms with van der Waals surface area (Å²) in [4.78, 5) is 0. The molecule has 0 bridgehead atoms. The minimum absolute atomic E-state index is 0.472. The summed E-state index contributed by atoms with van der Waals surface area (Å²) in [5.41, 5.74) is 7.61. The van der Waals surface area contributed by atoms with Crippen LogP contribution in [0.25, 0.3) is 0 Å². The summed E-state index contributed by atoms with van der Waals surface area (Å²) in [7, 11) is 1.66. The lowest BCUT2D eigenvalue weighted by molar-refractivity contribution is 0.415. The number of nitrogens with one attached hydrogen (secondary N) is 1. The minimum Gasteiger partial charge on any atom is -0.497 e. The van der Waals surface area contributed by atoms with Crippen LogP contribution in [0.15, 0.2) is 30.4 Å². The van der Waals surface area contributed by atoms with E-state index in [0.29, 0.717) is 6.04 Å². The van der Waals surface area contributed by atoms with Crippen LogP contribution in [0.4, 0.5) is 11.4 Å². The molecule has 0 amide bonds. The third-order valence-electron chi connectivity index (χ3n) is 2.63. The molecule has 0 aromatic heterocycles. The smallest absolute Gasteiger partial charge is 0.121 e. The predicted octanol–water partition coefficient (Wildman–Crippen LogP) is 2.41.